The van der Waals surface area contributed by atoms with Crippen LogP contribution in [0.5, 0.6) is 0 Å². The van der Waals surface area contributed by atoms with E-state index in [1.165, 1.54) is 23.1 Å². The van der Waals surface area contributed by atoms with Crippen molar-refractivity contribution >= 4 is 28.6 Å². The van der Waals surface area contributed by atoms with Gasteiger partial charge in [0.25, 0.3) is 17.7 Å². The molecule has 0 bridgehead atoms. The molecule has 1 aromatic heterocycles. The van der Waals surface area contributed by atoms with Crippen molar-refractivity contribution in [1.29, 1.82) is 0 Å². The molecule has 1 atom stereocenters. The molecule has 1 aliphatic rings. The van der Waals surface area contributed by atoms with Crippen LogP contribution in [0.15, 0.2) is 103 Å². The Labute approximate surface area is 229 Å². The lowest BCUT2D eigenvalue weighted by Crippen LogP contribution is -2.47. The van der Waals surface area contributed by atoms with E-state index in [1.807, 2.05) is 73.8 Å². The molecule has 7 nitrogen and oxygen atoms in total. The summed E-state index contributed by atoms with van der Waals surface area (Å²) in [5, 5.41) is 0.975. The van der Waals surface area contributed by atoms with Gasteiger partial charge in [-0.3, -0.25) is 25.2 Å². The first-order valence-corrected chi connectivity index (χ1v) is 12.8. The fourth-order valence-electron chi connectivity index (χ4n) is 5.51. The third-order valence-corrected chi connectivity index (χ3v) is 7.24. The number of para-hydroxylation sites is 1. The molecule has 1 aliphatic heterocycles. The molecular weight excluding hydrogens is 507 g/mol. The summed E-state index contributed by atoms with van der Waals surface area (Å²) in [6, 6.07) is 29.9. The van der Waals surface area contributed by atoms with Gasteiger partial charge in [-0.2, -0.15) is 0 Å². The Morgan fingerprint density at radius 1 is 0.850 bits per heavy atom. The van der Waals surface area contributed by atoms with E-state index in [0.717, 1.165) is 39.4 Å². The van der Waals surface area contributed by atoms with E-state index in [-0.39, 0.29) is 18.0 Å². The summed E-state index contributed by atoms with van der Waals surface area (Å²) in [7, 11) is 2.00. The number of carbonyl (C=O) groups is 3. The van der Waals surface area contributed by atoms with Crippen LogP contribution >= 0.6 is 0 Å². The molecular formula is C32H25FN4O3. The molecule has 2 heterocycles. The molecule has 40 heavy (non-hydrogen) atoms. The first-order chi connectivity index (χ1) is 19.4. The number of hydrogen-bond donors (Lipinski definition) is 2. The number of aromatic nitrogens is 1. The highest BCUT2D eigenvalue weighted by Gasteiger charge is 2.41. The molecule has 3 amide bonds. The van der Waals surface area contributed by atoms with Crippen LogP contribution in [0.4, 0.5) is 4.39 Å². The standard InChI is InChI=1S/C32H25FN4O3/c1-36-26-17-8-7-16-25(26)28(29(36)20-10-3-2-4-11-20)30-23-14-5-6-15-24(23)32(40)37(30)19-27(38)34-35-31(39)21-12-9-13-22(33)18-21/h2-18,30H,19H2,1H3,(H,34,38)(H,35,39). The van der Waals surface area contributed by atoms with Crippen molar-refractivity contribution in [3.8, 4) is 11.3 Å². The van der Waals surface area contributed by atoms with Crippen LogP contribution in [0.25, 0.3) is 22.2 Å². The van der Waals surface area contributed by atoms with Crippen molar-refractivity contribution in [2.75, 3.05) is 6.54 Å². The van der Waals surface area contributed by atoms with Gasteiger partial charge < -0.3 is 9.47 Å². The quantitative estimate of drug-likeness (QED) is 0.313. The van der Waals surface area contributed by atoms with Crippen LogP contribution in [-0.2, 0) is 11.8 Å². The second-order valence-corrected chi connectivity index (χ2v) is 9.64. The van der Waals surface area contributed by atoms with Crippen molar-refractivity contribution in [3.05, 3.63) is 131 Å². The van der Waals surface area contributed by atoms with Gasteiger partial charge in [0.2, 0.25) is 0 Å². The zero-order chi connectivity index (χ0) is 27.8. The molecule has 198 valence electrons. The number of aryl methyl sites for hydroxylation is 1. The summed E-state index contributed by atoms with van der Waals surface area (Å²) in [6.07, 6.45) is 0. The number of nitrogens with zero attached hydrogens (tertiary/aromatic N) is 2. The van der Waals surface area contributed by atoms with E-state index in [9.17, 15) is 18.8 Å². The lowest BCUT2D eigenvalue weighted by Gasteiger charge is -2.26. The van der Waals surface area contributed by atoms with E-state index < -0.39 is 23.7 Å². The number of amides is 3. The number of fused-ring (bicyclic) bond motifs is 2. The van der Waals surface area contributed by atoms with Gasteiger partial charge in [0.05, 0.1) is 11.7 Å². The molecule has 5 aromatic rings. The monoisotopic (exact) mass is 532 g/mol. The molecule has 0 radical (unpaired) electrons. The number of hydrazine groups is 1. The number of carbonyl (C=O) groups excluding carboxylic acids is 3. The minimum Gasteiger partial charge on any atom is -0.343 e. The van der Waals surface area contributed by atoms with Crippen LogP contribution in [0, 0.1) is 5.82 Å². The van der Waals surface area contributed by atoms with E-state index in [1.54, 1.807) is 12.1 Å². The number of nitrogens with one attached hydrogen (secondary N) is 2. The lowest BCUT2D eigenvalue weighted by atomic mass is 9.93. The predicted molar refractivity (Wildman–Crippen MR) is 150 cm³/mol. The predicted octanol–water partition coefficient (Wildman–Crippen LogP) is 4.99. The normalized spacial score (nSPS) is 14.3. The minimum absolute atomic E-state index is 0.0612. The highest BCUT2D eigenvalue weighted by atomic mass is 19.1. The summed E-state index contributed by atoms with van der Waals surface area (Å²) in [4.78, 5) is 40.8. The third kappa shape index (κ3) is 4.29. The van der Waals surface area contributed by atoms with Crippen molar-refractivity contribution in [2.24, 2.45) is 7.05 Å². The van der Waals surface area contributed by atoms with E-state index in [2.05, 4.69) is 15.4 Å². The Bertz CT molecular complexity index is 1780. The highest BCUT2D eigenvalue weighted by molar-refractivity contribution is 6.04. The zero-order valence-corrected chi connectivity index (χ0v) is 21.6. The van der Waals surface area contributed by atoms with Gasteiger partial charge in [-0.1, -0.05) is 72.8 Å². The molecule has 6 rings (SSSR count). The first-order valence-electron chi connectivity index (χ1n) is 12.8. The van der Waals surface area contributed by atoms with Crippen molar-refractivity contribution < 1.29 is 18.8 Å². The van der Waals surface area contributed by atoms with Crippen LogP contribution in [-0.4, -0.2) is 33.7 Å². The van der Waals surface area contributed by atoms with E-state index >= 15 is 0 Å². The largest absolute Gasteiger partial charge is 0.343 e. The first kappa shape index (κ1) is 25.1. The Kier molecular flexibility index (Phi) is 6.36. The SMILES string of the molecule is Cn1c(-c2ccccc2)c(C2c3ccccc3C(=O)N2CC(=O)NNC(=O)c2cccc(F)c2)c2ccccc21. The Morgan fingerprint density at radius 3 is 2.38 bits per heavy atom. The average Bonchev–Trinajstić information content (AvgIpc) is 3.42. The smallest absolute Gasteiger partial charge is 0.269 e. The summed E-state index contributed by atoms with van der Waals surface area (Å²) in [6.45, 7) is -0.306. The summed E-state index contributed by atoms with van der Waals surface area (Å²) < 4.78 is 15.6. The van der Waals surface area contributed by atoms with Crippen LogP contribution < -0.4 is 10.9 Å². The van der Waals surface area contributed by atoms with Gasteiger partial charge in [-0.15, -0.1) is 0 Å². The Hall–Kier alpha value is -5.24. The zero-order valence-electron chi connectivity index (χ0n) is 21.6. The fraction of sp³-hybridized carbons (Fsp3) is 0.0938. The van der Waals surface area contributed by atoms with E-state index in [0.29, 0.717) is 5.56 Å². The fourth-order valence-corrected chi connectivity index (χ4v) is 5.51. The molecule has 8 heteroatoms. The molecule has 0 saturated carbocycles. The molecule has 1 unspecified atom stereocenters. The molecule has 4 aromatic carbocycles. The van der Waals surface area contributed by atoms with Gasteiger partial charge in [-0.25, -0.2) is 4.39 Å². The summed E-state index contributed by atoms with van der Waals surface area (Å²) in [5.41, 5.74) is 9.93. The number of halogens is 1. The maximum Gasteiger partial charge on any atom is 0.269 e. The van der Waals surface area contributed by atoms with Crippen molar-refractivity contribution in [3.63, 3.8) is 0 Å². The molecule has 0 saturated heterocycles. The number of benzene rings is 4. The van der Waals surface area contributed by atoms with Gasteiger partial charge in [0.15, 0.2) is 0 Å². The highest BCUT2D eigenvalue weighted by Crippen LogP contribution is 2.46. The van der Waals surface area contributed by atoms with Crippen LogP contribution in [0.2, 0.25) is 0 Å². The van der Waals surface area contributed by atoms with Gasteiger partial charge in [0, 0.05) is 34.6 Å². The van der Waals surface area contributed by atoms with Gasteiger partial charge >= 0.3 is 0 Å². The summed E-state index contributed by atoms with van der Waals surface area (Å²) in [5.74, 6) is -2.09. The molecule has 0 fully saturated rings. The van der Waals surface area contributed by atoms with Crippen molar-refractivity contribution in [1.82, 2.24) is 20.3 Å². The van der Waals surface area contributed by atoms with Gasteiger partial charge in [-0.05, 0) is 41.5 Å². The summed E-state index contributed by atoms with van der Waals surface area (Å²) >= 11 is 0. The number of rotatable bonds is 5. The van der Waals surface area contributed by atoms with Crippen LogP contribution in [0.1, 0.15) is 37.9 Å². The van der Waals surface area contributed by atoms with Gasteiger partial charge in [0.1, 0.15) is 12.4 Å². The second kappa shape index (κ2) is 10.1. The van der Waals surface area contributed by atoms with Crippen molar-refractivity contribution in [2.45, 2.75) is 6.04 Å². The molecule has 0 spiro atoms. The van der Waals surface area contributed by atoms with Crippen LogP contribution in [0.3, 0.4) is 0 Å². The minimum atomic E-state index is -0.666. The average molecular weight is 533 g/mol. The topological polar surface area (TPSA) is 83.4 Å². The third-order valence-electron chi connectivity index (χ3n) is 7.24. The molecule has 0 aliphatic carbocycles. The maximum atomic E-state index is 13.7. The Morgan fingerprint density at radius 2 is 1.57 bits per heavy atom. The lowest BCUT2D eigenvalue weighted by molar-refractivity contribution is -0.122. The Balaban J connectivity index is 1.39. The number of hydrogen-bond acceptors (Lipinski definition) is 3. The van der Waals surface area contributed by atoms with E-state index in [4.69, 9.17) is 0 Å². The maximum absolute atomic E-state index is 13.7. The molecule has 2 N–H and O–H groups in total. The second-order valence-electron chi connectivity index (χ2n) is 9.64.